The minimum atomic E-state index is -0.641. The maximum atomic E-state index is 11.3. The fourth-order valence-electron chi connectivity index (χ4n) is 1.08. The summed E-state index contributed by atoms with van der Waals surface area (Å²) in [4.78, 5) is 32.9. The summed E-state index contributed by atoms with van der Waals surface area (Å²) in [5.41, 5.74) is 4.30. The number of urea groups is 1. The predicted molar refractivity (Wildman–Crippen MR) is 65.7 cm³/mol. The molecule has 0 rings (SSSR count). The van der Waals surface area contributed by atoms with Gasteiger partial charge in [-0.15, -0.1) is 0 Å². The zero-order valence-electron chi connectivity index (χ0n) is 11.0. The quantitative estimate of drug-likeness (QED) is 0.456. The van der Waals surface area contributed by atoms with E-state index in [9.17, 15) is 14.4 Å². The molecule has 0 aliphatic heterocycles. The SMILES string of the molecule is CC(C)(C)OC(=O)CCC(=O)NCCNC(N)=O. The summed E-state index contributed by atoms with van der Waals surface area (Å²) in [6.45, 7) is 5.82. The lowest BCUT2D eigenvalue weighted by molar-refractivity contribution is -0.155. The molecule has 0 spiro atoms. The number of primary amides is 1. The lowest BCUT2D eigenvalue weighted by Crippen LogP contribution is -2.37. The number of esters is 1. The van der Waals surface area contributed by atoms with E-state index in [2.05, 4.69) is 10.6 Å². The van der Waals surface area contributed by atoms with Gasteiger partial charge in [-0.25, -0.2) is 4.79 Å². The van der Waals surface area contributed by atoms with Crippen molar-refractivity contribution in [1.29, 1.82) is 0 Å². The van der Waals surface area contributed by atoms with Crippen LogP contribution in [0.1, 0.15) is 33.6 Å². The van der Waals surface area contributed by atoms with E-state index in [0.29, 0.717) is 0 Å². The van der Waals surface area contributed by atoms with Crippen LogP contribution in [0.3, 0.4) is 0 Å². The van der Waals surface area contributed by atoms with Crippen molar-refractivity contribution in [3.8, 4) is 0 Å². The molecule has 104 valence electrons. The molecule has 0 fully saturated rings. The van der Waals surface area contributed by atoms with Gasteiger partial charge in [0, 0.05) is 19.5 Å². The van der Waals surface area contributed by atoms with Crippen molar-refractivity contribution in [2.45, 2.75) is 39.2 Å². The van der Waals surface area contributed by atoms with Crippen molar-refractivity contribution in [1.82, 2.24) is 10.6 Å². The molecular weight excluding hydrogens is 238 g/mol. The average Bonchev–Trinajstić information content (AvgIpc) is 2.19. The van der Waals surface area contributed by atoms with Crippen molar-refractivity contribution in [3.05, 3.63) is 0 Å². The van der Waals surface area contributed by atoms with Crippen LogP contribution in [0.15, 0.2) is 0 Å². The first-order valence-electron chi connectivity index (χ1n) is 5.72. The summed E-state index contributed by atoms with van der Waals surface area (Å²) in [5.74, 6) is -0.681. The molecule has 3 amide bonds. The first kappa shape index (κ1) is 16.2. The molecular formula is C11H21N3O4. The number of amides is 3. The Morgan fingerprint density at radius 2 is 1.61 bits per heavy atom. The number of nitrogens with one attached hydrogen (secondary N) is 2. The van der Waals surface area contributed by atoms with Crippen LogP contribution >= 0.6 is 0 Å². The summed E-state index contributed by atoms with van der Waals surface area (Å²) < 4.78 is 5.05. The molecule has 0 unspecified atom stereocenters. The number of hydrogen-bond acceptors (Lipinski definition) is 4. The van der Waals surface area contributed by atoms with Gasteiger partial charge in [0.25, 0.3) is 0 Å². The molecule has 7 nitrogen and oxygen atoms in total. The lowest BCUT2D eigenvalue weighted by Gasteiger charge is -2.19. The summed E-state index contributed by atoms with van der Waals surface area (Å²) in [7, 11) is 0. The van der Waals surface area contributed by atoms with E-state index >= 15 is 0 Å². The molecule has 0 aliphatic carbocycles. The van der Waals surface area contributed by atoms with Gasteiger partial charge in [-0.05, 0) is 20.8 Å². The summed E-state index contributed by atoms with van der Waals surface area (Å²) >= 11 is 0. The van der Waals surface area contributed by atoms with Crippen LogP contribution in [-0.2, 0) is 14.3 Å². The molecule has 0 saturated heterocycles. The lowest BCUT2D eigenvalue weighted by atomic mass is 10.2. The van der Waals surface area contributed by atoms with Crippen LogP contribution < -0.4 is 16.4 Å². The van der Waals surface area contributed by atoms with E-state index in [4.69, 9.17) is 10.5 Å². The minimum Gasteiger partial charge on any atom is -0.460 e. The Labute approximate surface area is 106 Å². The molecule has 0 radical (unpaired) electrons. The van der Waals surface area contributed by atoms with Gasteiger partial charge in [0.15, 0.2) is 0 Å². The third-order valence-electron chi connectivity index (χ3n) is 1.72. The Morgan fingerprint density at radius 1 is 1.06 bits per heavy atom. The second-order valence-electron chi connectivity index (χ2n) is 4.73. The van der Waals surface area contributed by atoms with Gasteiger partial charge in [0.1, 0.15) is 5.60 Å². The van der Waals surface area contributed by atoms with Gasteiger partial charge < -0.3 is 21.1 Å². The fraction of sp³-hybridized carbons (Fsp3) is 0.727. The molecule has 0 aromatic heterocycles. The maximum absolute atomic E-state index is 11.3. The monoisotopic (exact) mass is 259 g/mol. The highest BCUT2D eigenvalue weighted by Crippen LogP contribution is 2.08. The molecule has 7 heteroatoms. The highest BCUT2D eigenvalue weighted by molar-refractivity contribution is 5.81. The largest absolute Gasteiger partial charge is 0.460 e. The molecule has 0 aliphatic rings. The van der Waals surface area contributed by atoms with E-state index in [0.717, 1.165) is 0 Å². The van der Waals surface area contributed by atoms with Crippen molar-refractivity contribution in [2.24, 2.45) is 5.73 Å². The standard InChI is InChI=1S/C11H21N3O4/c1-11(2,3)18-9(16)5-4-8(15)13-6-7-14-10(12)17/h4-7H2,1-3H3,(H,13,15)(H3,12,14,17). The number of nitrogens with two attached hydrogens (primary N) is 1. The van der Waals surface area contributed by atoms with E-state index in [-0.39, 0.29) is 31.8 Å². The van der Waals surface area contributed by atoms with E-state index in [1.165, 1.54) is 0 Å². The van der Waals surface area contributed by atoms with E-state index in [1.54, 1.807) is 20.8 Å². The Bertz CT molecular complexity index is 310. The van der Waals surface area contributed by atoms with Gasteiger partial charge >= 0.3 is 12.0 Å². The number of hydrogen-bond donors (Lipinski definition) is 3. The molecule has 0 heterocycles. The molecule has 0 saturated carbocycles. The normalized spacial score (nSPS) is 10.6. The van der Waals surface area contributed by atoms with Crippen molar-refractivity contribution >= 4 is 17.9 Å². The highest BCUT2D eigenvalue weighted by atomic mass is 16.6. The fourth-order valence-corrected chi connectivity index (χ4v) is 1.08. The van der Waals surface area contributed by atoms with E-state index in [1.807, 2.05) is 0 Å². The van der Waals surface area contributed by atoms with Crippen LogP contribution in [0.2, 0.25) is 0 Å². The Morgan fingerprint density at radius 3 is 2.11 bits per heavy atom. The summed E-state index contributed by atoms with van der Waals surface area (Å²) in [6, 6.07) is -0.641. The van der Waals surface area contributed by atoms with Crippen LogP contribution in [0.25, 0.3) is 0 Å². The Kier molecular flexibility index (Phi) is 6.77. The first-order chi connectivity index (χ1) is 8.20. The van der Waals surface area contributed by atoms with Gasteiger partial charge in [-0.2, -0.15) is 0 Å². The van der Waals surface area contributed by atoms with Crippen LogP contribution in [0, 0.1) is 0 Å². The van der Waals surface area contributed by atoms with Crippen LogP contribution in [0.4, 0.5) is 4.79 Å². The smallest absolute Gasteiger partial charge is 0.312 e. The molecule has 4 N–H and O–H groups in total. The summed E-state index contributed by atoms with van der Waals surface area (Å²) in [6.07, 6.45) is 0.0951. The van der Waals surface area contributed by atoms with Gasteiger partial charge in [0.2, 0.25) is 5.91 Å². The Hall–Kier alpha value is -1.79. The second-order valence-corrected chi connectivity index (χ2v) is 4.73. The topological polar surface area (TPSA) is 111 Å². The second kappa shape index (κ2) is 7.52. The van der Waals surface area contributed by atoms with Crippen molar-refractivity contribution < 1.29 is 19.1 Å². The number of ether oxygens (including phenoxy) is 1. The molecule has 0 bridgehead atoms. The van der Waals surface area contributed by atoms with Crippen molar-refractivity contribution in [2.75, 3.05) is 13.1 Å². The average molecular weight is 259 g/mol. The van der Waals surface area contributed by atoms with Crippen LogP contribution in [0.5, 0.6) is 0 Å². The summed E-state index contributed by atoms with van der Waals surface area (Å²) in [5, 5.41) is 4.87. The number of carbonyl (C=O) groups is 3. The minimum absolute atomic E-state index is 0.0341. The number of carbonyl (C=O) groups excluding carboxylic acids is 3. The van der Waals surface area contributed by atoms with Gasteiger partial charge in [0.05, 0.1) is 6.42 Å². The first-order valence-corrected chi connectivity index (χ1v) is 5.72. The predicted octanol–water partition coefficient (Wildman–Crippen LogP) is -0.107. The van der Waals surface area contributed by atoms with Crippen molar-refractivity contribution in [3.63, 3.8) is 0 Å². The van der Waals surface area contributed by atoms with Crippen LogP contribution in [-0.4, -0.2) is 36.6 Å². The van der Waals surface area contributed by atoms with Gasteiger partial charge in [-0.1, -0.05) is 0 Å². The molecule has 18 heavy (non-hydrogen) atoms. The highest BCUT2D eigenvalue weighted by Gasteiger charge is 2.16. The van der Waals surface area contributed by atoms with Gasteiger partial charge in [-0.3, -0.25) is 9.59 Å². The third kappa shape index (κ3) is 10.7. The zero-order valence-corrected chi connectivity index (χ0v) is 11.0. The number of rotatable bonds is 6. The molecule has 0 aromatic rings. The molecule has 0 atom stereocenters. The van der Waals surface area contributed by atoms with E-state index < -0.39 is 17.6 Å². The maximum Gasteiger partial charge on any atom is 0.312 e. The zero-order chi connectivity index (χ0) is 14.2. The Balaban J connectivity index is 3.64. The third-order valence-corrected chi connectivity index (χ3v) is 1.72. The molecule has 0 aromatic carbocycles.